The highest BCUT2D eigenvalue weighted by atomic mass is 16.2. The molecule has 0 saturated carbocycles. The van der Waals surface area contributed by atoms with Gasteiger partial charge in [-0.15, -0.1) is 0 Å². The van der Waals surface area contributed by atoms with Crippen molar-refractivity contribution < 1.29 is 14.4 Å². The summed E-state index contributed by atoms with van der Waals surface area (Å²) in [6.45, 7) is 5.05. The lowest BCUT2D eigenvalue weighted by Crippen LogP contribution is -2.49. The fraction of sp³-hybridized carbons (Fsp3) is 0.348. The van der Waals surface area contributed by atoms with Crippen molar-refractivity contribution in [2.24, 2.45) is 0 Å². The lowest BCUT2D eigenvalue weighted by atomic mass is 10.1. The maximum Gasteiger partial charge on any atom is 0.322 e. The van der Waals surface area contributed by atoms with Gasteiger partial charge in [0, 0.05) is 38.3 Å². The first-order chi connectivity index (χ1) is 14.5. The molecule has 2 aromatic carbocycles. The summed E-state index contributed by atoms with van der Waals surface area (Å²) >= 11 is 0. The molecule has 0 aromatic heterocycles. The maximum atomic E-state index is 12.3. The van der Waals surface area contributed by atoms with Crippen LogP contribution in [0.1, 0.15) is 18.4 Å². The number of imide groups is 1. The van der Waals surface area contributed by atoms with Gasteiger partial charge in [0.05, 0.1) is 0 Å². The third kappa shape index (κ3) is 5.83. The number of rotatable bonds is 4. The molecule has 0 bridgehead atoms. The minimum Gasteiger partial charge on any atom is -0.368 e. The highest BCUT2D eigenvalue weighted by molar-refractivity contribution is 6.04. The third-order valence-corrected chi connectivity index (χ3v) is 5.26. The number of piperazine rings is 1. The molecule has 0 spiro atoms. The predicted molar refractivity (Wildman–Crippen MR) is 116 cm³/mol. The second-order valence-electron chi connectivity index (χ2n) is 7.36. The molecule has 2 aliphatic heterocycles. The smallest absolute Gasteiger partial charge is 0.322 e. The van der Waals surface area contributed by atoms with Crippen LogP contribution in [0.25, 0.3) is 0 Å². The van der Waals surface area contributed by atoms with Crippen molar-refractivity contribution in [2.75, 3.05) is 31.1 Å². The summed E-state index contributed by atoms with van der Waals surface area (Å²) in [5.74, 6) is -0.314. The van der Waals surface area contributed by atoms with Crippen molar-refractivity contribution in [3.8, 4) is 0 Å². The van der Waals surface area contributed by atoms with Gasteiger partial charge in [0.1, 0.15) is 6.04 Å². The normalized spacial score (nSPS) is 18.2. The SMILES string of the molecule is Cc1ccccc1N1CCN(C(=O)CC[C@H]2NC(=O)NC2=O)CC1.c1ccccc1. The summed E-state index contributed by atoms with van der Waals surface area (Å²) in [5, 5.41) is 4.70. The van der Waals surface area contributed by atoms with Crippen LogP contribution in [0.5, 0.6) is 0 Å². The van der Waals surface area contributed by atoms with Crippen molar-refractivity contribution >= 4 is 23.5 Å². The van der Waals surface area contributed by atoms with Gasteiger partial charge in [-0.25, -0.2) is 4.79 Å². The van der Waals surface area contributed by atoms with Gasteiger partial charge in [0.25, 0.3) is 5.91 Å². The minimum absolute atomic E-state index is 0.0355. The number of hydrogen-bond donors (Lipinski definition) is 2. The van der Waals surface area contributed by atoms with E-state index >= 15 is 0 Å². The molecule has 7 heteroatoms. The van der Waals surface area contributed by atoms with Gasteiger partial charge in [-0.1, -0.05) is 54.6 Å². The van der Waals surface area contributed by atoms with Crippen molar-refractivity contribution in [2.45, 2.75) is 25.8 Å². The molecule has 0 radical (unpaired) electrons. The van der Waals surface area contributed by atoms with Gasteiger partial charge in [-0.05, 0) is 25.0 Å². The molecule has 0 aliphatic carbocycles. The first kappa shape index (κ1) is 21.4. The highest BCUT2D eigenvalue weighted by Gasteiger charge is 2.30. The van der Waals surface area contributed by atoms with E-state index in [1.165, 1.54) is 11.3 Å². The molecular weight excluding hydrogens is 380 g/mol. The zero-order valence-corrected chi connectivity index (χ0v) is 17.2. The number of nitrogens with zero attached hydrogens (tertiary/aromatic N) is 2. The van der Waals surface area contributed by atoms with Crippen molar-refractivity contribution in [1.82, 2.24) is 15.5 Å². The number of carbonyl (C=O) groups excluding carboxylic acids is 3. The summed E-state index contributed by atoms with van der Waals surface area (Å²) < 4.78 is 0. The van der Waals surface area contributed by atoms with Gasteiger partial charge in [0.2, 0.25) is 5.91 Å². The van der Waals surface area contributed by atoms with E-state index in [1.807, 2.05) is 53.4 Å². The van der Waals surface area contributed by atoms with Crippen LogP contribution in [0.3, 0.4) is 0 Å². The van der Waals surface area contributed by atoms with Crippen LogP contribution in [-0.4, -0.2) is 55.0 Å². The topological polar surface area (TPSA) is 81.8 Å². The zero-order valence-electron chi connectivity index (χ0n) is 17.2. The Balaban J connectivity index is 0.000000367. The number of urea groups is 1. The van der Waals surface area contributed by atoms with Gasteiger partial charge < -0.3 is 15.1 Å². The molecule has 0 unspecified atom stereocenters. The molecule has 7 nitrogen and oxygen atoms in total. The van der Waals surface area contributed by atoms with Crippen LogP contribution in [0.2, 0.25) is 0 Å². The summed E-state index contributed by atoms with van der Waals surface area (Å²) in [6.07, 6.45) is 0.608. The average Bonchev–Trinajstić information content (AvgIpc) is 3.11. The summed E-state index contributed by atoms with van der Waals surface area (Å²) in [6, 6.07) is 19.2. The number of carbonyl (C=O) groups is 3. The first-order valence-electron chi connectivity index (χ1n) is 10.2. The number of hydrogen-bond acceptors (Lipinski definition) is 4. The second-order valence-corrected chi connectivity index (χ2v) is 7.36. The van der Waals surface area contributed by atoms with E-state index < -0.39 is 12.1 Å². The number of benzene rings is 2. The first-order valence-corrected chi connectivity index (χ1v) is 10.2. The summed E-state index contributed by atoms with van der Waals surface area (Å²) in [7, 11) is 0. The summed E-state index contributed by atoms with van der Waals surface area (Å²) in [5.41, 5.74) is 2.45. The zero-order chi connectivity index (χ0) is 21.3. The van der Waals surface area contributed by atoms with Gasteiger partial charge in [-0.3, -0.25) is 14.9 Å². The van der Waals surface area contributed by atoms with Crippen LogP contribution in [0.15, 0.2) is 60.7 Å². The van der Waals surface area contributed by atoms with E-state index in [1.54, 1.807) is 0 Å². The lowest BCUT2D eigenvalue weighted by molar-refractivity contribution is -0.131. The Morgan fingerprint density at radius 3 is 2.07 bits per heavy atom. The van der Waals surface area contributed by atoms with E-state index in [0.717, 1.165) is 13.1 Å². The molecule has 2 saturated heterocycles. The van der Waals surface area contributed by atoms with E-state index in [9.17, 15) is 14.4 Å². The minimum atomic E-state index is -0.588. The van der Waals surface area contributed by atoms with Crippen LogP contribution < -0.4 is 15.5 Å². The molecule has 2 aromatic rings. The molecule has 2 N–H and O–H groups in total. The number of amides is 4. The number of para-hydroxylation sites is 1. The fourth-order valence-corrected chi connectivity index (χ4v) is 3.59. The number of anilines is 1. The van der Waals surface area contributed by atoms with E-state index in [0.29, 0.717) is 19.5 Å². The Labute approximate surface area is 177 Å². The van der Waals surface area contributed by atoms with Crippen LogP contribution in [-0.2, 0) is 9.59 Å². The number of nitrogens with one attached hydrogen (secondary N) is 2. The van der Waals surface area contributed by atoms with E-state index in [-0.39, 0.29) is 18.2 Å². The Morgan fingerprint density at radius 1 is 0.933 bits per heavy atom. The second kappa shape index (κ2) is 10.4. The number of aryl methyl sites for hydroxylation is 1. The van der Waals surface area contributed by atoms with Crippen molar-refractivity contribution in [1.29, 1.82) is 0 Å². The standard InChI is InChI=1S/C17H22N4O3.C6H6/c1-12-4-2-3-5-14(12)20-8-10-21(11-9-20)15(22)7-6-13-16(23)19-17(24)18-13;1-2-4-6-5-3-1/h2-5,13H,6-11H2,1H3,(H2,18,19,23,24);1-6H/t13-;/m1./s1. The van der Waals surface area contributed by atoms with Gasteiger partial charge in [0.15, 0.2) is 0 Å². The van der Waals surface area contributed by atoms with E-state index in [2.05, 4.69) is 34.6 Å². The molecule has 1 atom stereocenters. The Morgan fingerprint density at radius 2 is 1.53 bits per heavy atom. The Bertz CT molecular complexity index is 837. The molecule has 2 aliphatic rings. The summed E-state index contributed by atoms with van der Waals surface area (Å²) in [4.78, 5) is 39.0. The quantitative estimate of drug-likeness (QED) is 0.761. The third-order valence-electron chi connectivity index (χ3n) is 5.26. The van der Waals surface area contributed by atoms with E-state index in [4.69, 9.17) is 0 Å². The Hall–Kier alpha value is -3.35. The monoisotopic (exact) mass is 408 g/mol. The average molecular weight is 409 g/mol. The lowest BCUT2D eigenvalue weighted by Gasteiger charge is -2.37. The molecule has 4 amide bonds. The largest absolute Gasteiger partial charge is 0.368 e. The predicted octanol–water partition coefficient (Wildman–Crippen LogP) is 2.32. The molecule has 4 rings (SSSR count). The fourth-order valence-electron chi connectivity index (χ4n) is 3.59. The molecular formula is C23H28N4O3. The van der Waals surface area contributed by atoms with Crippen LogP contribution in [0, 0.1) is 6.92 Å². The van der Waals surface area contributed by atoms with Gasteiger partial charge in [-0.2, -0.15) is 0 Å². The maximum absolute atomic E-state index is 12.3. The van der Waals surface area contributed by atoms with Crippen LogP contribution >= 0.6 is 0 Å². The molecule has 30 heavy (non-hydrogen) atoms. The van der Waals surface area contributed by atoms with Gasteiger partial charge >= 0.3 is 6.03 Å². The Kier molecular flexibility index (Phi) is 7.43. The van der Waals surface area contributed by atoms with Crippen molar-refractivity contribution in [3.05, 3.63) is 66.2 Å². The highest BCUT2D eigenvalue weighted by Crippen LogP contribution is 2.21. The van der Waals surface area contributed by atoms with Crippen LogP contribution in [0.4, 0.5) is 10.5 Å². The van der Waals surface area contributed by atoms with Crippen molar-refractivity contribution in [3.63, 3.8) is 0 Å². The molecule has 2 fully saturated rings. The molecule has 158 valence electrons. The molecule has 2 heterocycles.